The lowest BCUT2D eigenvalue weighted by Crippen LogP contribution is -2.51. The van der Waals surface area contributed by atoms with Gasteiger partial charge in [0.05, 0.1) is 53.6 Å². The van der Waals surface area contributed by atoms with E-state index in [0.29, 0.717) is 68.1 Å². The molecule has 3 heterocycles. The van der Waals surface area contributed by atoms with Crippen molar-refractivity contribution in [3.8, 4) is 5.75 Å². The number of morpholine rings is 1. The Kier molecular flexibility index (Phi) is 9.39. The zero-order valence-electron chi connectivity index (χ0n) is 24.0. The number of carbonyl (C=O) groups excluding carboxylic acids is 2. The summed E-state index contributed by atoms with van der Waals surface area (Å²) in [6.07, 6.45) is -0.754. The van der Waals surface area contributed by atoms with E-state index in [1.54, 1.807) is 21.9 Å². The minimum absolute atomic E-state index is 0.00968. The largest absolute Gasteiger partial charge is 0.413 e. The molecule has 240 valence electrons. The Bertz CT molecular complexity index is 1690. The van der Waals surface area contributed by atoms with Crippen molar-refractivity contribution in [3.63, 3.8) is 0 Å². The first-order valence-electron chi connectivity index (χ1n) is 14.5. The number of pyridine rings is 1. The first-order chi connectivity index (χ1) is 21.6. The quantitative estimate of drug-likeness (QED) is 0.387. The van der Waals surface area contributed by atoms with Crippen LogP contribution in [0, 0.1) is 5.82 Å². The van der Waals surface area contributed by atoms with E-state index in [9.17, 15) is 18.8 Å². The number of hydrogen-bond donors (Lipinski definition) is 1. The van der Waals surface area contributed by atoms with Gasteiger partial charge in [0.2, 0.25) is 11.3 Å². The first kappa shape index (κ1) is 31.8. The molecule has 1 saturated carbocycles. The zero-order chi connectivity index (χ0) is 31.8. The summed E-state index contributed by atoms with van der Waals surface area (Å²) in [5.74, 6) is -1.11. The maximum atomic E-state index is 15.7. The third-order valence-corrected chi connectivity index (χ3v) is 9.19. The molecule has 2 atom stereocenters. The number of piperazine rings is 1. The molecule has 45 heavy (non-hydrogen) atoms. The van der Waals surface area contributed by atoms with Crippen molar-refractivity contribution in [1.82, 2.24) is 19.7 Å². The van der Waals surface area contributed by atoms with Crippen LogP contribution < -0.4 is 20.4 Å². The summed E-state index contributed by atoms with van der Waals surface area (Å²) < 4.78 is 42.2. The van der Waals surface area contributed by atoms with Crippen LogP contribution in [0.1, 0.15) is 18.0 Å². The van der Waals surface area contributed by atoms with Gasteiger partial charge in [-0.1, -0.05) is 40.9 Å². The van der Waals surface area contributed by atoms with Gasteiger partial charge in [-0.15, -0.1) is 0 Å². The van der Waals surface area contributed by atoms with Gasteiger partial charge in [-0.25, -0.2) is 13.6 Å². The van der Waals surface area contributed by atoms with E-state index in [-0.39, 0.29) is 47.0 Å². The van der Waals surface area contributed by atoms with Gasteiger partial charge in [0.1, 0.15) is 12.0 Å². The summed E-state index contributed by atoms with van der Waals surface area (Å²) in [7, 11) is 0. The average molecular weight is 685 g/mol. The number of fused-ring (bicyclic) bond motifs is 1. The van der Waals surface area contributed by atoms with Crippen molar-refractivity contribution in [2.75, 3.05) is 63.9 Å². The molecule has 1 aromatic heterocycles. The molecule has 2 amide bonds. The number of carbonyl (C=O) groups is 2. The highest BCUT2D eigenvalue weighted by atomic mass is 35.5. The topological polar surface area (TPSA) is 96.3 Å². The predicted molar refractivity (Wildman–Crippen MR) is 167 cm³/mol. The molecule has 2 aliphatic heterocycles. The van der Waals surface area contributed by atoms with E-state index >= 15 is 4.39 Å². The standard InChI is InChI=1S/C30H30Cl3F2N5O5/c31-18-2-1-17(20(32)11-18)14-36-30(43)45-24-15-40(23-13-21(23)34)27-19(29(24)42)12-22(35)28(26(27)33)39-5-3-37(4-6-39)16-25(41)38-7-9-44-10-8-38/h1-2,11-12,15,21,23H,3-10,13-14,16H2,(H,36,43)/t21-,23+/m1/s1. The van der Waals surface area contributed by atoms with Crippen LogP contribution in [0.15, 0.2) is 35.3 Å². The molecule has 1 aliphatic carbocycles. The fraction of sp³-hybridized carbons (Fsp3) is 0.433. The molecule has 2 saturated heterocycles. The van der Waals surface area contributed by atoms with Crippen molar-refractivity contribution in [2.24, 2.45) is 0 Å². The summed E-state index contributed by atoms with van der Waals surface area (Å²) in [5.41, 5.74) is 0.0570. The molecule has 1 N–H and O–H groups in total. The molecule has 6 rings (SSSR count). The Balaban J connectivity index is 1.21. The molecule has 10 nitrogen and oxygen atoms in total. The Morgan fingerprint density at radius 3 is 2.42 bits per heavy atom. The van der Waals surface area contributed by atoms with Gasteiger partial charge in [-0.2, -0.15) is 0 Å². The van der Waals surface area contributed by atoms with Gasteiger partial charge >= 0.3 is 6.09 Å². The van der Waals surface area contributed by atoms with Crippen molar-refractivity contribution in [1.29, 1.82) is 0 Å². The number of benzene rings is 2. The fourth-order valence-corrected chi connectivity index (χ4v) is 6.56. The highest BCUT2D eigenvalue weighted by molar-refractivity contribution is 6.38. The normalized spacial score (nSPS) is 20.4. The number of amides is 2. The number of nitrogens with one attached hydrogen (secondary N) is 1. The number of nitrogens with zero attached hydrogens (tertiary/aromatic N) is 4. The second-order valence-electron chi connectivity index (χ2n) is 11.2. The van der Waals surface area contributed by atoms with Crippen LogP contribution in [0.2, 0.25) is 15.1 Å². The average Bonchev–Trinajstić information content (AvgIpc) is 3.75. The van der Waals surface area contributed by atoms with E-state index in [1.807, 2.05) is 4.90 Å². The molecular formula is C30H30Cl3F2N5O5. The van der Waals surface area contributed by atoms with E-state index < -0.39 is 35.3 Å². The molecule has 0 bridgehead atoms. The second kappa shape index (κ2) is 13.3. The third-order valence-electron chi connectivity index (χ3n) is 8.24. The Morgan fingerprint density at radius 1 is 1.04 bits per heavy atom. The first-order valence-corrected chi connectivity index (χ1v) is 15.7. The maximum absolute atomic E-state index is 15.7. The predicted octanol–water partition coefficient (Wildman–Crippen LogP) is 4.65. The molecule has 3 aromatic rings. The van der Waals surface area contributed by atoms with Crippen LogP contribution >= 0.6 is 34.8 Å². The number of hydrogen-bond acceptors (Lipinski definition) is 7. The molecule has 2 aromatic carbocycles. The summed E-state index contributed by atoms with van der Waals surface area (Å²) >= 11 is 18.9. The summed E-state index contributed by atoms with van der Waals surface area (Å²) in [5, 5.41) is 3.11. The molecule has 3 aliphatic rings. The van der Waals surface area contributed by atoms with Crippen molar-refractivity contribution < 1.29 is 27.8 Å². The monoisotopic (exact) mass is 683 g/mol. The summed E-state index contributed by atoms with van der Waals surface area (Å²) in [6.45, 7) is 4.18. The van der Waals surface area contributed by atoms with Gasteiger partial charge in [0, 0.05) is 62.3 Å². The van der Waals surface area contributed by atoms with Crippen LogP contribution in [0.4, 0.5) is 19.3 Å². The lowest BCUT2D eigenvalue weighted by atomic mass is 10.1. The number of rotatable bonds is 7. The number of ether oxygens (including phenoxy) is 2. The van der Waals surface area contributed by atoms with E-state index in [4.69, 9.17) is 44.3 Å². The van der Waals surface area contributed by atoms with E-state index in [1.165, 1.54) is 16.8 Å². The Morgan fingerprint density at radius 2 is 1.76 bits per heavy atom. The lowest BCUT2D eigenvalue weighted by Gasteiger charge is -2.37. The highest BCUT2D eigenvalue weighted by Crippen LogP contribution is 2.44. The number of halogens is 5. The minimum Gasteiger partial charge on any atom is -0.405 e. The minimum atomic E-state index is -1.21. The number of anilines is 1. The van der Waals surface area contributed by atoms with Gasteiger partial charge in [-0.3, -0.25) is 14.5 Å². The summed E-state index contributed by atoms with van der Waals surface area (Å²) in [6, 6.07) is 5.16. The second-order valence-corrected chi connectivity index (χ2v) is 12.4. The molecular weight excluding hydrogens is 655 g/mol. The van der Waals surface area contributed by atoms with Gasteiger partial charge in [0.15, 0.2) is 5.75 Å². The van der Waals surface area contributed by atoms with Gasteiger partial charge in [0.25, 0.3) is 0 Å². The van der Waals surface area contributed by atoms with Crippen LogP contribution in [-0.4, -0.2) is 91.6 Å². The van der Waals surface area contributed by atoms with Crippen LogP contribution in [-0.2, 0) is 16.1 Å². The third kappa shape index (κ3) is 6.85. The SMILES string of the molecule is O=C(NCc1ccc(Cl)cc1Cl)Oc1cn([C@H]2C[C@H]2F)c2c(Cl)c(N3CCN(CC(=O)N4CCOCC4)CC3)c(F)cc2c1=O. The molecule has 0 radical (unpaired) electrons. The molecule has 0 spiro atoms. The molecule has 3 fully saturated rings. The van der Waals surface area contributed by atoms with Crippen LogP contribution in [0.3, 0.4) is 0 Å². The van der Waals surface area contributed by atoms with Crippen LogP contribution in [0.25, 0.3) is 10.9 Å². The lowest BCUT2D eigenvalue weighted by molar-refractivity contribution is -0.136. The number of alkyl halides is 1. The van der Waals surface area contributed by atoms with Gasteiger partial charge in [-0.05, 0) is 23.8 Å². The Hall–Kier alpha value is -3.16. The smallest absolute Gasteiger partial charge is 0.405 e. The number of aromatic nitrogens is 1. The Labute approximate surface area is 272 Å². The summed E-state index contributed by atoms with van der Waals surface area (Å²) in [4.78, 5) is 44.3. The maximum Gasteiger partial charge on any atom is 0.413 e. The highest BCUT2D eigenvalue weighted by Gasteiger charge is 2.41. The van der Waals surface area contributed by atoms with E-state index in [2.05, 4.69) is 5.32 Å². The molecule has 0 unspecified atom stereocenters. The van der Waals surface area contributed by atoms with Crippen molar-refractivity contribution in [3.05, 3.63) is 67.1 Å². The van der Waals surface area contributed by atoms with Crippen LogP contribution in [0.5, 0.6) is 5.75 Å². The zero-order valence-corrected chi connectivity index (χ0v) is 26.3. The van der Waals surface area contributed by atoms with Crippen molar-refractivity contribution in [2.45, 2.75) is 25.2 Å². The molecule has 15 heteroatoms. The fourth-order valence-electron chi connectivity index (χ4n) is 5.67. The van der Waals surface area contributed by atoms with E-state index in [0.717, 1.165) is 6.07 Å². The van der Waals surface area contributed by atoms with Gasteiger partial charge < -0.3 is 29.2 Å². The van der Waals surface area contributed by atoms with Crippen molar-refractivity contribution >= 4 is 63.4 Å².